The topological polar surface area (TPSA) is 66.2 Å². The van der Waals surface area contributed by atoms with Crippen molar-refractivity contribution in [3.8, 4) is 11.7 Å². The molecule has 6 nitrogen and oxygen atoms in total. The van der Waals surface area contributed by atoms with E-state index >= 15 is 0 Å². The first-order chi connectivity index (χ1) is 13.6. The molecule has 0 aromatic carbocycles. The molecule has 7 heteroatoms. The second-order valence-corrected chi connectivity index (χ2v) is 8.13. The molecular weight excluding hydrogens is 378 g/mol. The number of hydrogen-bond acceptors (Lipinski definition) is 5. The van der Waals surface area contributed by atoms with Crippen LogP contribution in [-0.2, 0) is 4.74 Å². The van der Waals surface area contributed by atoms with Crippen LogP contribution in [0.2, 0.25) is 5.15 Å². The molecule has 2 aliphatic rings. The Balaban J connectivity index is 1.35. The summed E-state index contributed by atoms with van der Waals surface area (Å²) in [6.07, 6.45) is 11.2. The van der Waals surface area contributed by atoms with Crippen molar-refractivity contribution in [2.24, 2.45) is 11.3 Å². The summed E-state index contributed by atoms with van der Waals surface area (Å²) in [7, 11) is 0. The molecule has 4 rings (SSSR count). The third-order valence-electron chi connectivity index (χ3n) is 6.08. The standard InChI is InChI=1S/C21H26ClN3O3/c1-2-27-20(26)16-6-7-17(23-19(16)22)25-13-8-18(24-25)28-14-9-15-5-3-4-10-21(15)11-12-21/h6-8,13,15H,2-5,9-12,14H2,1H3. The molecule has 2 fully saturated rings. The predicted molar refractivity (Wildman–Crippen MR) is 106 cm³/mol. The van der Waals surface area contributed by atoms with Crippen molar-refractivity contribution in [3.05, 3.63) is 35.1 Å². The van der Waals surface area contributed by atoms with Crippen molar-refractivity contribution < 1.29 is 14.3 Å². The fourth-order valence-electron chi connectivity index (χ4n) is 4.38. The molecule has 0 aliphatic heterocycles. The highest BCUT2D eigenvalue weighted by Gasteiger charge is 2.49. The maximum atomic E-state index is 11.8. The van der Waals surface area contributed by atoms with Gasteiger partial charge in [0.2, 0.25) is 5.88 Å². The van der Waals surface area contributed by atoms with E-state index in [1.807, 2.05) is 6.07 Å². The Morgan fingerprint density at radius 3 is 2.89 bits per heavy atom. The molecule has 2 saturated carbocycles. The van der Waals surface area contributed by atoms with Crippen LogP contribution < -0.4 is 4.74 Å². The molecule has 150 valence electrons. The molecule has 28 heavy (non-hydrogen) atoms. The molecule has 1 atom stereocenters. The average molecular weight is 404 g/mol. The summed E-state index contributed by atoms with van der Waals surface area (Å²) >= 11 is 6.13. The van der Waals surface area contributed by atoms with Crippen LogP contribution >= 0.6 is 11.6 Å². The minimum absolute atomic E-state index is 0.0981. The van der Waals surface area contributed by atoms with E-state index in [-0.39, 0.29) is 10.7 Å². The first kappa shape index (κ1) is 19.2. The van der Waals surface area contributed by atoms with Gasteiger partial charge in [0.25, 0.3) is 0 Å². The van der Waals surface area contributed by atoms with Gasteiger partial charge < -0.3 is 9.47 Å². The Labute approximate surface area is 170 Å². The van der Waals surface area contributed by atoms with Gasteiger partial charge in [0.1, 0.15) is 5.15 Å². The lowest BCUT2D eigenvalue weighted by Crippen LogP contribution is -2.22. The number of carbonyl (C=O) groups is 1. The van der Waals surface area contributed by atoms with Crippen molar-refractivity contribution in [2.75, 3.05) is 13.2 Å². The Hall–Kier alpha value is -2.08. The predicted octanol–water partition coefficient (Wildman–Crippen LogP) is 4.84. The van der Waals surface area contributed by atoms with Gasteiger partial charge in [-0.2, -0.15) is 0 Å². The number of ether oxygens (including phenoxy) is 2. The molecule has 1 unspecified atom stereocenters. The van der Waals surface area contributed by atoms with Gasteiger partial charge in [0, 0.05) is 12.3 Å². The molecule has 2 aromatic heterocycles. The summed E-state index contributed by atoms with van der Waals surface area (Å²) in [6.45, 7) is 2.73. The second kappa shape index (κ2) is 8.11. The number of pyridine rings is 1. The van der Waals surface area contributed by atoms with Gasteiger partial charge in [0.05, 0.1) is 18.8 Å². The van der Waals surface area contributed by atoms with E-state index in [2.05, 4.69) is 10.1 Å². The van der Waals surface area contributed by atoms with E-state index in [0.717, 1.165) is 12.3 Å². The van der Waals surface area contributed by atoms with Gasteiger partial charge in [-0.1, -0.05) is 24.4 Å². The van der Waals surface area contributed by atoms with Gasteiger partial charge in [-0.25, -0.2) is 14.5 Å². The van der Waals surface area contributed by atoms with Crippen LogP contribution in [0.1, 0.15) is 62.2 Å². The molecule has 0 bridgehead atoms. The number of rotatable bonds is 7. The van der Waals surface area contributed by atoms with Gasteiger partial charge in [-0.15, -0.1) is 5.10 Å². The SMILES string of the molecule is CCOC(=O)c1ccc(-n2ccc(OCCC3CCCCC34CC4)n2)nc1Cl. The molecule has 2 aliphatic carbocycles. The molecule has 0 saturated heterocycles. The summed E-state index contributed by atoms with van der Waals surface area (Å²) in [5, 5.41) is 4.52. The minimum Gasteiger partial charge on any atom is -0.477 e. The molecule has 1 spiro atoms. The average Bonchev–Trinajstić information content (AvgIpc) is 3.29. The van der Waals surface area contributed by atoms with Crippen LogP contribution in [0.3, 0.4) is 0 Å². The van der Waals surface area contributed by atoms with Crippen LogP contribution in [0.5, 0.6) is 5.88 Å². The van der Waals surface area contributed by atoms with E-state index in [0.29, 0.717) is 30.3 Å². The molecule has 2 aromatic rings. The zero-order valence-electron chi connectivity index (χ0n) is 16.2. The number of hydrogen-bond donors (Lipinski definition) is 0. The highest BCUT2D eigenvalue weighted by Crippen LogP contribution is 2.60. The van der Waals surface area contributed by atoms with Crippen molar-refractivity contribution in [1.29, 1.82) is 0 Å². The smallest absolute Gasteiger partial charge is 0.341 e. The molecular formula is C21H26ClN3O3. The van der Waals surface area contributed by atoms with Crippen LogP contribution in [0.15, 0.2) is 24.4 Å². The van der Waals surface area contributed by atoms with Gasteiger partial charge >= 0.3 is 5.97 Å². The van der Waals surface area contributed by atoms with Gasteiger partial charge in [0.15, 0.2) is 5.82 Å². The maximum Gasteiger partial charge on any atom is 0.341 e. The van der Waals surface area contributed by atoms with Crippen molar-refractivity contribution in [1.82, 2.24) is 14.8 Å². The quantitative estimate of drug-likeness (QED) is 0.489. The van der Waals surface area contributed by atoms with Gasteiger partial charge in [-0.05, 0) is 62.5 Å². The lowest BCUT2D eigenvalue weighted by atomic mass is 9.75. The third kappa shape index (κ3) is 4.02. The molecule has 0 amide bonds. The number of esters is 1. The first-order valence-corrected chi connectivity index (χ1v) is 10.5. The summed E-state index contributed by atoms with van der Waals surface area (Å²) in [5.74, 6) is 1.43. The van der Waals surface area contributed by atoms with Crippen LogP contribution in [-0.4, -0.2) is 33.9 Å². The zero-order valence-corrected chi connectivity index (χ0v) is 17.0. The molecule has 0 radical (unpaired) electrons. The Bertz CT molecular complexity index is 847. The van der Waals surface area contributed by atoms with Crippen LogP contribution in [0.25, 0.3) is 5.82 Å². The molecule has 2 heterocycles. The van der Waals surface area contributed by atoms with Crippen LogP contribution in [0, 0.1) is 11.3 Å². The summed E-state index contributed by atoms with van der Waals surface area (Å²) < 4.78 is 12.5. The first-order valence-electron chi connectivity index (χ1n) is 10.1. The van der Waals surface area contributed by atoms with Crippen LogP contribution in [0.4, 0.5) is 0 Å². The highest BCUT2D eigenvalue weighted by atomic mass is 35.5. The summed E-state index contributed by atoms with van der Waals surface area (Å²) in [6, 6.07) is 5.11. The van der Waals surface area contributed by atoms with Crippen molar-refractivity contribution in [3.63, 3.8) is 0 Å². The largest absolute Gasteiger partial charge is 0.477 e. The Morgan fingerprint density at radius 2 is 2.14 bits per heavy atom. The fourth-order valence-corrected chi connectivity index (χ4v) is 4.61. The van der Waals surface area contributed by atoms with E-state index in [9.17, 15) is 4.79 Å². The zero-order chi connectivity index (χ0) is 19.6. The summed E-state index contributed by atoms with van der Waals surface area (Å²) in [4.78, 5) is 16.1. The van der Waals surface area contributed by atoms with E-state index < -0.39 is 5.97 Å². The third-order valence-corrected chi connectivity index (χ3v) is 6.37. The minimum atomic E-state index is -0.479. The Morgan fingerprint density at radius 1 is 1.29 bits per heavy atom. The highest BCUT2D eigenvalue weighted by molar-refractivity contribution is 6.32. The Kier molecular flexibility index (Phi) is 5.58. The number of aromatic nitrogens is 3. The number of nitrogens with zero attached hydrogens (tertiary/aromatic N) is 3. The molecule has 0 N–H and O–H groups in total. The fraction of sp³-hybridized carbons (Fsp3) is 0.571. The van der Waals surface area contributed by atoms with Crippen molar-refractivity contribution >= 4 is 17.6 Å². The lowest BCUT2D eigenvalue weighted by molar-refractivity contribution is 0.0526. The van der Waals surface area contributed by atoms with E-state index in [1.54, 1.807) is 29.9 Å². The van der Waals surface area contributed by atoms with Gasteiger partial charge in [-0.3, -0.25) is 0 Å². The number of halogens is 1. The maximum absolute atomic E-state index is 11.8. The summed E-state index contributed by atoms with van der Waals surface area (Å²) in [5.41, 5.74) is 0.889. The lowest BCUT2D eigenvalue weighted by Gasteiger charge is -2.31. The van der Waals surface area contributed by atoms with E-state index in [4.69, 9.17) is 21.1 Å². The normalized spacial score (nSPS) is 20.1. The second-order valence-electron chi connectivity index (χ2n) is 7.77. The monoisotopic (exact) mass is 403 g/mol. The number of carbonyl (C=O) groups excluding carboxylic acids is 1. The van der Waals surface area contributed by atoms with E-state index in [1.165, 1.54) is 38.5 Å². The van der Waals surface area contributed by atoms with Crippen molar-refractivity contribution in [2.45, 2.75) is 51.9 Å².